The first-order valence-electron chi connectivity index (χ1n) is 6.05. The molecule has 0 radical (unpaired) electrons. The summed E-state index contributed by atoms with van der Waals surface area (Å²) in [5.41, 5.74) is 0.949. The fraction of sp³-hybridized carbons (Fsp3) is 0.0714. The molecule has 100 valence electrons. The molecular weight excluding hydrogens is 272 g/mol. The molecule has 0 spiro atoms. The van der Waals surface area contributed by atoms with Gasteiger partial charge in [-0.2, -0.15) is 0 Å². The minimum Gasteiger partial charge on any atom is -0.402 e. The molecule has 6 heteroatoms. The molecule has 0 aliphatic heterocycles. The standard InChI is InChI=1S/C14H12N4OS/c1-10-12(20-11-6-3-2-4-7-11)13(18-17-10)19-14-15-8-5-9-16-14/h2-9H,1H3,(H,17,18). The minimum absolute atomic E-state index is 0.286. The van der Waals surface area contributed by atoms with Gasteiger partial charge in [0, 0.05) is 17.3 Å². The second kappa shape index (κ2) is 5.75. The Morgan fingerprint density at radius 3 is 2.55 bits per heavy atom. The lowest BCUT2D eigenvalue weighted by atomic mass is 10.4. The van der Waals surface area contributed by atoms with Gasteiger partial charge in [-0.3, -0.25) is 5.10 Å². The number of nitrogens with zero attached hydrogens (tertiary/aromatic N) is 3. The maximum atomic E-state index is 5.62. The molecule has 0 atom stereocenters. The predicted molar refractivity (Wildman–Crippen MR) is 76.0 cm³/mol. The molecule has 3 rings (SSSR count). The van der Waals surface area contributed by atoms with Crippen molar-refractivity contribution < 1.29 is 4.74 Å². The predicted octanol–water partition coefficient (Wildman–Crippen LogP) is 3.45. The van der Waals surface area contributed by atoms with E-state index in [1.165, 1.54) is 0 Å². The Morgan fingerprint density at radius 2 is 1.80 bits per heavy atom. The van der Waals surface area contributed by atoms with E-state index in [0.717, 1.165) is 15.5 Å². The summed E-state index contributed by atoms with van der Waals surface area (Å²) < 4.78 is 5.62. The van der Waals surface area contributed by atoms with Crippen molar-refractivity contribution in [1.82, 2.24) is 20.2 Å². The maximum Gasteiger partial charge on any atom is 0.323 e. The van der Waals surface area contributed by atoms with Crippen molar-refractivity contribution in [3.05, 3.63) is 54.5 Å². The topological polar surface area (TPSA) is 63.7 Å². The van der Waals surface area contributed by atoms with Crippen LogP contribution < -0.4 is 4.74 Å². The van der Waals surface area contributed by atoms with E-state index in [4.69, 9.17) is 4.74 Å². The molecule has 3 aromatic rings. The summed E-state index contributed by atoms with van der Waals surface area (Å²) in [5.74, 6) is 0.488. The fourth-order valence-electron chi connectivity index (χ4n) is 1.62. The van der Waals surface area contributed by atoms with Crippen LogP contribution in [0.4, 0.5) is 0 Å². The number of H-pyrrole nitrogens is 1. The molecule has 20 heavy (non-hydrogen) atoms. The van der Waals surface area contributed by atoms with E-state index in [1.54, 1.807) is 30.2 Å². The molecule has 2 aromatic heterocycles. The number of aryl methyl sites for hydroxylation is 1. The Bertz CT molecular complexity index is 685. The Labute approximate surface area is 120 Å². The van der Waals surface area contributed by atoms with Crippen LogP contribution in [0.5, 0.6) is 11.9 Å². The van der Waals surface area contributed by atoms with Crippen LogP contribution in [0.2, 0.25) is 0 Å². The molecule has 0 amide bonds. The molecule has 0 fully saturated rings. The molecule has 0 saturated carbocycles. The number of hydrogen-bond donors (Lipinski definition) is 1. The van der Waals surface area contributed by atoms with E-state index in [-0.39, 0.29) is 6.01 Å². The first-order chi connectivity index (χ1) is 9.83. The summed E-state index contributed by atoms with van der Waals surface area (Å²) in [5, 5.41) is 7.09. The van der Waals surface area contributed by atoms with Gasteiger partial charge < -0.3 is 4.74 Å². The number of aromatic amines is 1. The van der Waals surface area contributed by atoms with E-state index in [0.29, 0.717) is 5.88 Å². The third kappa shape index (κ3) is 2.80. The number of aromatic nitrogens is 4. The highest BCUT2D eigenvalue weighted by molar-refractivity contribution is 7.99. The fourth-order valence-corrected chi connectivity index (χ4v) is 2.52. The van der Waals surface area contributed by atoms with Crippen molar-refractivity contribution >= 4 is 11.8 Å². The van der Waals surface area contributed by atoms with Crippen molar-refractivity contribution in [1.29, 1.82) is 0 Å². The zero-order valence-corrected chi connectivity index (χ0v) is 11.6. The Hall–Kier alpha value is -2.34. The van der Waals surface area contributed by atoms with Crippen LogP contribution in [-0.2, 0) is 0 Å². The highest BCUT2D eigenvalue weighted by Crippen LogP contribution is 2.37. The van der Waals surface area contributed by atoms with Crippen LogP contribution in [0.25, 0.3) is 0 Å². The van der Waals surface area contributed by atoms with Crippen LogP contribution in [0.1, 0.15) is 5.69 Å². The molecule has 0 aliphatic carbocycles. The van der Waals surface area contributed by atoms with Gasteiger partial charge in [-0.15, -0.1) is 5.10 Å². The second-order valence-electron chi connectivity index (χ2n) is 4.03. The van der Waals surface area contributed by atoms with Crippen LogP contribution in [0, 0.1) is 6.92 Å². The average Bonchev–Trinajstić information content (AvgIpc) is 2.83. The zero-order chi connectivity index (χ0) is 13.8. The van der Waals surface area contributed by atoms with Crippen molar-refractivity contribution in [3.8, 4) is 11.9 Å². The third-order valence-electron chi connectivity index (χ3n) is 2.55. The van der Waals surface area contributed by atoms with Crippen molar-refractivity contribution in [2.24, 2.45) is 0 Å². The third-order valence-corrected chi connectivity index (χ3v) is 3.75. The van der Waals surface area contributed by atoms with Gasteiger partial charge in [-0.1, -0.05) is 30.0 Å². The normalized spacial score (nSPS) is 10.4. The molecule has 0 bridgehead atoms. The summed E-state index contributed by atoms with van der Waals surface area (Å²) in [6, 6.07) is 12.1. The van der Waals surface area contributed by atoms with Crippen molar-refractivity contribution in [2.45, 2.75) is 16.7 Å². The lowest BCUT2D eigenvalue weighted by molar-refractivity contribution is 0.415. The van der Waals surface area contributed by atoms with Gasteiger partial charge >= 0.3 is 6.01 Å². The molecule has 0 saturated heterocycles. The molecule has 5 nitrogen and oxygen atoms in total. The lowest BCUT2D eigenvalue weighted by Gasteiger charge is -2.04. The monoisotopic (exact) mass is 284 g/mol. The lowest BCUT2D eigenvalue weighted by Crippen LogP contribution is -1.91. The number of rotatable bonds is 4. The summed E-state index contributed by atoms with van der Waals surface area (Å²) in [6.45, 7) is 1.96. The van der Waals surface area contributed by atoms with E-state index in [2.05, 4.69) is 20.2 Å². The average molecular weight is 284 g/mol. The quantitative estimate of drug-likeness (QED) is 0.795. The summed E-state index contributed by atoms with van der Waals surface area (Å²) >= 11 is 1.59. The van der Waals surface area contributed by atoms with Gasteiger partial charge in [0.05, 0.1) is 10.6 Å². The zero-order valence-electron chi connectivity index (χ0n) is 10.8. The Morgan fingerprint density at radius 1 is 1.05 bits per heavy atom. The van der Waals surface area contributed by atoms with Gasteiger partial charge in [0.1, 0.15) is 0 Å². The van der Waals surface area contributed by atoms with Gasteiger partial charge in [0.15, 0.2) is 0 Å². The second-order valence-corrected chi connectivity index (χ2v) is 5.12. The van der Waals surface area contributed by atoms with E-state index in [9.17, 15) is 0 Å². The molecule has 0 aliphatic rings. The molecular formula is C14H12N4OS. The smallest absolute Gasteiger partial charge is 0.323 e. The first kappa shape index (κ1) is 12.7. The Balaban J connectivity index is 1.86. The molecule has 2 heterocycles. The molecule has 1 N–H and O–H groups in total. The van der Waals surface area contributed by atoms with Crippen molar-refractivity contribution in [2.75, 3.05) is 0 Å². The first-order valence-corrected chi connectivity index (χ1v) is 6.87. The highest BCUT2D eigenvalue weighted by Gasteiger charge is 2.14. The van der Waals surface area contributed by atoms with Crippen LogP contribution in [0.3, 0.4) is 0 Å². The summed E-state index contributed by atoms with van der Waals surface area (Å²) in [6.07, 6.45) is 3.26. The number of ether oxygens (including phenoxy) is 1. The van der Waals surface area contributed by atoms with Gasteiger partial charge in [-0.05, 0) is 25.1 Å². The molecule has 0 unspecified atom stereocenters. The maximum absolute atomic E-state index is 5.62. The van der Waals surface area contributed by atoms with Gasteiger partial charge in [0.2, 0.25) is 0 Å². The number of benzene rings is 1. The minimum atomic E-state index is 0.286. The van der Waals surface area contributed by atoms with Crippen molar-refractivity contribution in [3.63, 3.8) is 0 Å². The highest BCUT2D eigenvalue weighted by atomic mass is 32.2. The number of nitrogens with one attached hydrogen (secondary N) is 1. The van der Waals surface area contributed by atoms with E-state index < -0.39 is 0 Å². The SMILES string of the molecule is Cc1[nH]nc(Oc2ncccn2)c1Sc1ccccc1. The van der Waals surface area contributed by atoms with E-state index in [1.807, 2.05) is 37.3 Å². The van der Waals surface area contributed by atoms with Gasteiger partial charge in [-0.25, -0.2) is 9.97 Å². The number of hydrogen-bond acceptors (Lipinski definition) is 5. The molecule has 1 aromatic carbocycles. The van der Waals surface area contributed by atoms with Gasteiger partial charge in [0.25, 0.3) is 5.88 Å². The summed E-state index contributed by atoms with van der Waals surface area (Å²) in [4.78, 5) is 10.1. The van der Waals surface area contributed by atoms with Crippen LogP contribution in [-0.4, -0.2) is 20.2 Å². The summed E-state index contributed by atoms with van der Waals surface area (Å²) in [7, 11) is 0. The van der Waals surface area contributed by atoms with Crippen LogP contribution in [0.15, 0.2) is 58.6 Å². The Kier molecular flexibility index (Phi) is 3.64. The largest absolute Gasteiger partial charge is 0.402 e. The van der Waals surface area contributed by atoms with Crippen LogP contribution >= 0.6 is 11.8 Å². The van der Waals surface area contributed by atoms with E-state index >= 15 is 0 Å².